The van der Waals surface area contributed by atoms with Crippen molar-refractivity contribution in [3.8, 4) is 5.75 Å². The van der Waals surface area contributed by atoms with E-state index in [1.165, 1.54) is 0 Å². The number of hydrogen-bond donors (Lipinski definition) is 2. The third-order valence-corrected chi connectivity index (χ3v) is 3.51. The average molecular weight is 271 g/mol. The normalized spacial score (nSPS) is 22.6. The van der Waals surface area contributed by atoms with Gasteiger partial charge < -0.3 is 20.5 Å². The summed E-state index contributed by atoms with van der Waals surface area (Å²) in [7, 11) is 1.56. The highest BCUT2D eigenvalue weighted by atomic mass is 35.5. The number of carbonyl (C=O) groups excluding carboxylic acids is 1. The topological polar surface area (TPSA) is 73.6 Å². The Kier molecular flexibility index (Phi) is 3.36. The molecule has 0 aromatic heterocycles. The van der Waals surface area contributed by atoms with Gasteiger partial charge in [-0.1, -0.05) is 11.6 Å². The SMILES string of the molecule is COc1cc(C)c(Cl)cc1C1(CN)CNC(=O)O1. The van der Waals surface area contributed by atoms with Crippen LogP contribution in [0.3, 0.4) is 0 Å². The number of nitrogens with two attached hydrogens (primary N) is 1. The first-order chi connectivity index (χ1) is 8.52. The Morgan fingerprint density at radius 1 is 1.61 bits per heavy atom. The predicted octanol–water partition coefficient (Wildman–Crippen LogP) is 1.55. The third kappa shape index (κ3) is 2.00. The number of benzene rings is 1. The highest BCUT2D eigenvalue weighted by Gasteiger charge is 2.43. The van der Waals surface area contributed by atoms with E-state index in [0.29, 0.717) is 22.9 Å². The molecule has 1 aliphatic rings. The molecule has 1 unspecified atom stereocenters. The number of carbonyl (C=O) groups is 1. The van der Waals surface area contributed by atoms with Gasteiger partial charge in [0.25, 0.3) is 0 Å². The Labute approximate surface area is 110 Å². The lowest BCUT2D eigenvalue weighted by atomic mass is 9.92. The summed E-state index contributed by atoms with van der Waals surface area (Å²) in [4.78, 5) is 11.3. The van der Waals surface area contributed by atoms with Gasteiger partial charge in [-0.2, -0.15) is 0 Å². The molecule has 0 saturated carbocycles. The fourth-order valence-electron chi connectivity index (χ4n) is 2.02. The van der Waals surface area contributed by atoms with E-state index in [1.807, 2.05) is 6.92 Å². The van der Waals surface area contributed by atoms with Crippen molar-refractivity contribution < 1.29 is 14.3 Å². The summed E-state index contributed by atoms with van der Waals surface area (Å²) in [5, 5.41) is 3.19. The van der Waals surface area contributed by atoms with E-state index in [2.05, 4.69) is 5.32 Å². The third-order valence-electron chi connectivity index (χ3n) is 3.11. The molecule has 0 bridgehead atoms. The molecule has 98 valence electrons. The van der Waals surface area contributed by atoms with Gasteiger partial charge in [0.1, 0.15) is 5.75 Å². The van der Waals surface area contributed by atoms with Crippen LogP contribution >= 0.6 is 11.6 Å². The van der Waals surface area contributed by atoms with Crippen molar-refractivity contribution in [2.45, 2.75) is 12.5 Å². The Bertz CT molecular complexity index is 492. The Hall–Kier alpha value is -1.46. The first kappa shape index (κ1) is 13.0. The molecule has 1 saturated heterocycles. The van der Waals surface area contributed by atoms with Gasteiger partial charge in [-0.3, -0.25) is 0 Å². The van der Waals surface area contributed by atoms with Crippen LogP contribution in [0.5, 0.6) is 5.75 Å². The van der Waals surface area contributed by atoms with E-state index in [4.69, 9.17) is 26.8 Å². The van der Waals surface area contributed by atoms with Crippen LogP contribution < -0.4 is 15.8 Å². The Balaban J connectivity index is 2.54. The van der Waals surface area contributed by atoms with Gasteiger partial charge in [-0.15, -0.1) is 0 Å². The summed E-state index contributed by atoms with van der Waals surface area (Å²) in [6.45, 7) is 2.34. The van der Waals surface area contributed by atoms with Crippen molar-refractivity contribution in [1.82, 2.24) is 5.32 Å². The van der Waals surface area contributed by atoms with Gasteiger partial charge in [-0.05, 0) is 24.6 Å². The van der Waals surface area contributed by atoms with Crippen LogP contribution in [0.4, 0.5) is 4.79 Å². The summed E-state index contributed by atoms with van der Waals surface area (Å²) in [5.41, 5.74) is 6.41. The fraction of sp³-hybridized carbons (Fsp3) is 0.417. The lowest BCUT2D eigenvalue weighted by Crippen LogP contribution is -2.39. The average Bonchev–Trinajstić information content (AvgIpc) is 2.75. The Morgan fingerprint density at radius 2 is 2.33 bits per heavy atom. The highest BCUT2D eigenvalue weighted by molar-refractivity contribution is 6.31. The van der Waals surface area contributed by atoms with E-state index in [-0.39, 0.29) is 6.54 Å². The van der Waals surface area contributed by atoms with Crippen molar-refractivity contribution in [3.63, 3.8) is 0 Å². The standard InChI is InChI=1S/C12H15ClN2O3/c1-7-3-10(17-2)8(4-9(7)13)12(5-14)6-15-11(16)18-12/h3-4H,5-6,14H2,1-2H3,(H,15,16). The summed E-state index contributed by atoms with van der Waals surface area (Å²) in [6.07, 6.45) is -0.487. The maximum atomic E-state index is 11.3. The molecule has 0 radical (unpaired) electrons. The van der Waals surface area contributed by atoms with Crippen LogP contribution in [-0.4, -0.2) is 26.3 Å². The lowest BCUT2D eigenvalue weighted by Gasteiger charge is -2.27. The number of cyclic esters (lactones) is 1. The van der Waals surface area contributed by atoms with E-state index < -0.39 is 11.7 Å². The second-order valence-corrected chi connectivity index (χ2v) is 4.65. The molecule has 2 rings (SSSR count). The van der Waals surface area contributed by atoms with E-state index in [0.717, 1.165) is 5.56 Å². The molecule has 1 aliphatic heterocycles. The first-order valence-corrected chi connectivity index (χ1v) is 5.92. The van der Waals surface area contributed by atoms with E-state index in [1.54, 1.807) is 19.2 Å². The number of aryl methyl sites for hydroxylation is 1. The molecule has 1 heterocycles. The van der Waals surface area contributed by atoms with Crippen molar-refractivity contribution in [2.75, 3.05) is 20.2 Å². The molecule has 3 N–H and O–H groups in total. The van der Waals surface area contributed by atoms with Crippen LogP contribution in [0.25, 0.3) is 0 Å². The van der Waals surface area contributed by atoms with Gasteiger partial charge in [0.05, 0.1) is 13.7 Å². The molecule has 1 amide bonds. The van der Waals surface area contributed by atoms with Gasteiger partial charge in [0, 0.05) is 17.1 Å². The number of nitrogens with one attached hydrogen (secondary N) is 1. The minimum absolute atomic E-state index is 0.154. The Morgan fingerprint density at radius 3 is 2.83 bits per heavy atom. The smallest absolute Gasteiger partial charge is 0.408 e. The fourth-order valence-corrected chi connectivity index (χ4v) is 2.18. The van der Waals surface area contributed by atoms with Gasteiger partial charge in [-0.25, -0.2) is 4.79 Å². The lowest BCUT2D eigenvalue weighted by molar-refractivity contribution is 0.0596. The van der Waals surface area contributed by atoms with Gasteiger partial charge in [0.2, 0.25) is 0 Å². The number of ether oxygens (including phenoxy) is 2. The van der Waals surface area contributed by atoms with Crippen molar-refractivity contribution in [3.05, 3.63) is 28.3 Å². The molecule has 1 atom stereocenters. The van der Waals surface area contributed by atoms with Gasteiger partial charge >= 0.3 is 6.09 Å². The minimum atomic E-state index is -0.917. The maximum Gasteiger partial charge on any atom is 0.408 e. The number of hydrogen-bond acceptors (Lipinski definition) is 4. The maximum absolute atomic E-state index is 11.3. The number of methoxy groups -OCH3 is 1. The van der Waals surface area contributed by atoms with Crippen LogP contribution in [0.15, 0.2) is 12.1 Å². The summed E-state index contributed by atoms with van der Waals surface area (Å²) >= 11 is 6.12. The number of amides is 1. The zero-order valence-corrected chi connectivity index (χ0v) is 11.0. The molecule has 0 spiro atoms. The molecule has 1 aromatic carbocycles. The molecule has 1 aromatic rings. The molecule has 5 nitrogen and oxygen atoms in total. The molecule has 1 fully saturated rings. The molecular formula is C12H15ClN2O3. The van der Waals surface area contributed by atoms with Crippen LogP contribution in [-0.2, 0) is 10.3 Å². The minimum Gasteiger partial charge on any atom is -0.496 e. The molecular weight excluding hydrogens is 256 g/mol. The van der Waals surface area contributed by atoms with Crippen molar-refractivity contribution >= 4 is 17.7 Å². The molecule has 0 aliphatic carbocycles. The summed E-state index contributed by atoms with van der Waals surface area (Å²) in [6, 6.07) is 3.55. The quantitative estimate of drug-likeness (QED) is 0.874. The zero-order valence-electron chi connectivity index (χ0n) is 10.2. The van der Waals surface area contributed by atoms with Crippen LogP contribution in [0.2, 0.25) is 5.02 Å². The summed E-state index contributed by atoms with van der Waals surface area (Å²) < 4.78 is 10.6. The second-order valence-electron chi connectivity index (χ2n) is 4.24. The zero-order chi connectivity index (χ0) is 13.3. The van der Waals surface area contributed by atoms with Crippen molar-refractivity contribution in [1.29, 1.82) is 0 Å². The summed E-state index contributed by atoms with van der Waals surface area (Å²) in [5.74, 6) is 0.610. The van der Waals surface area contributed by atoms with Crippen LogP contribution in [0.1, 0.15) is 11.1 Å². The largest absolute Gasteiger partial charge is 0.496 e. The monoisotopic (exact) mass is 270 g/mol. The van der Waals surface area contributed by atoms with Crippen molar-refractivity contribution in [2.24, 2.45) is 5.73 Å². The highest BCUT2D eigenvalue weighted by Crippen LogP contribution is 2.37. The van der Waals surface area contributed by atoms with Gasteiger partial charge in [0.15, 0.2) is 5.60 Å². The van der Waals surface area contributed by atoms with Crippen LogP contribution in [0, 0.1) is 6.92 Å². The van der Waals surface area contributed by atoms with E-state index >= 15 is 0 Å². The number of rotatable bonds is 3. The second kappa shape index (κ2) is 4.66. The van der Waals surface area contributed by atoms with E-state index in [9.17, 15) is 4.79 Å². The predicted molar refractivity (Wildman–Crippen MR) is 68.0 cm³/mol. The number of alkyl carbamates (subject to hydrolysis) is 1. The number of halogens is 1. The first-order valence-electron chi connectivity index (χ1n) is 5.54. The molecule has 18 heavy (non-hydrogen) atoms. The molecule has 6 heteroatoms.